The van der Waals surface area contributed by atoms with Crippen molar-refractivity contribution in [1.82, 2.24) is 15.5 Å². The lowest BCUT2D eigenvalue weighted by molar-refractivity contribution is -0.132. The predicted octanol–water partition coefficient (Wildman–Crippen LogP) is 2.02. The summed E-state index contributed by atoms with van der Waals surface area (Å²) in [5.41, 5.74) is 1.51. The van der Waals surface area contributed by atoms with Crippen LogP contribution in [0.5, 0.6) is 0 Å². The lowest BCUT2D eigenvalue weighted by Crippen LogP contribution is -2.69. The third kappa shape index (κ3) is 3.80. The molecule has 2 N–H and O–H groups in total. The highest BCUT2D eigenvalue weighted by molar-refractivity contribution is 6.15. The molecule has 1 aliphatic heterocycles. The number of nitrogens with one attached hydrogen (secondary N) is 2. The summed E-state index contributed by atoms with van der Waals surface area (Å²) < 4.78 is 0. The number of carbonyl (C=O) groups is 3. The molecule has 1 aliphatic rings. The highest BCUT2D eigenvalue weighted by Gasteiger charge is 2.36. The largest absolute Gasteiger partial charge is 0.333 e. The Hall–Kier alpha value is -2.57. The van der Waals surface area contributed by atoms with E-state index in [-0.39, 0.29) is 11.8 Å². The molecule has 1 fully saturated rings. The van der Waals surface area contributed by atoms with Gasteiger partial charge in [0.1, 0.15) is 0 Å². The van der Waals surface area contributed by atoms with Crippen LogP contribution < -0.4 is 15.5 Å². The van der Waals surface area contributed by atoms with Crippen molar-refractivity contribution >= 4 is 23.7 Å². The third-order valence-electron chi connectivity index (χ3n) is 3.50. The first kappa shape index (κ1) is 16.8. The number of imide groups is 1. The van der Waals surface area contributed by atoms with Gasteiger partial charge in [-0.15, -0.1) is 0 Å². The van der Waals surface area contributed by atoms with Crippen molar-refractivity contribution < 1.29 is 14.4 Å². The normalized spacial score (nSPS) is 15.4. The Morgan fingerprint density at radius 2 is 1.70 bits per heavy atom. The topological polar surface area (TPSA) is 81.8 Å². The maximum atomic E-state index is 12.3. The maximum absolute atomic E-state index is 12.3. The van der Waals surface area contributed by atoms with Gasteiger partial charge in [-0.1, -0.05) is 31.5 Å². The molecule has 0 unspecified atom stereocenters. The Labute approximate surface area is 135 Å². The van der Waals surface area contributed by atoms with Crippen LogP contribution in [0.4, 0.5) is 15.3 Å². The van der Waals surface area contributed by atoms with Gasteiger partial charge in [0, 0.05) is 13.5 Å². The molecule has 0 atom stereocenters. The molecular weight excluding hydrogens is 296 g/mol. The Balaban J connectivity index is 2.18. The predicted molar refractivity (Wildman–Crippen MR) is 86.7 cm³/mol. The SMILES string of the molecule is CC(=O)N(CC(C)C)C1NC(=O)N(c2ccc(C)cc2)C(=O)N1. The van der Waals surface area contributed by atoms with Gasteiger partial charge < -0.3 is 4.90 Å². The second-order valence-corrected chi connectivity index (χ2v) is 6.04. The Morgan fingerprint density at radius 1 is 1.17 bits per heavy atom. The summed E-state index contributed by atoms with van der Waals surface area (Å²) in [6, 6.07) is 5.93. The standard InChI is InChI=1S/C16H22N4O3/c1-10(2)9-19(12(4)21)14-17-15(22)20(16(23)18-14)13-7-5-11(3)6-8-13/h5-8,10,14H,9H2,1-4H3,(H,17,22)(H,18,23). The van der Waals surface area contributed by atoms with E-state index in [4.69, 9.17) is 0 Å². The third-order valence-corrected chi connectivity index (χ3v) is 3.50. The zero-order chi connectivity index (χ0) is 17.1. The summed E-state index contributed by atoms with van der Waals surface area (Å²) in [6.07, 6.45) is -0.836. The molecule has 23 heavy (non-hydrogen) atoms. The molecule has 1 aromatic rings. The summed E-state index contributed by atoms with van der Waals surface area (Å²) in [6.45, 7) is 7.69. The molecule has 0 saturated carbocycles. The molecule has 1 saturated heterocycles. The second kappa shape index (κ2) is 6.68. The summed E-state index contributed by atoms with van der Waals surface area (Å²) in [5, 5.41) is 5.31. The fourth-order valence-electron chi connectivity index (χ4n) is 2.38. The van der Waals surface area contributed by atoms with E-state index in [1.54, 1.807) is 12.1 Å². The highest BCUT2D eigenvalue weighted by atomic mass is 16.2. The van der Waals surface area contributed by atoms with Gasteiger partial charge in [0.05, 0.1) is 5.69 Å². The van der Waals surface area contributed by atoms with Crippen molar-refractivity contribution in [3.63, 3.8) is 0 Å². The first-order valence-electron chi connectivity index (χ1n) is 7.54. The lowest BCUT2D eigenvalue weighted by Gasteiger charge is -2.38. The molecule has 0 bridgehead atoms. The molecule has 124 valence electrons. The van der Waals surface area contributed by atoms with Crippen LogP contribution in [0.25, 0.3) is 0 Å². The molecule has 1 heterocycles. The van der Waals surface area contributed by atoms with Crippen LogP contribution in [0.2, 0.25) is 0 Å². The van der Waals surface area contributed by atoms with E-state index >= 15 is 0 Å². The lowest BCUT2D eigenvalue weighted by atomic mass is 10.2. The molecule has 7 nitrogen and oxygen atoms in total. The molecule has 0 aromatic heterocycles. The number of carbonyl (C=O) groups excluding carboxylic acids is 3. The van der Waals surface area contributed by atoms with E-state index in [1.807, 2.05) is 32.9 Å². The number of urea groups is 2. The van der Waals surface area contributed by atoms with Gasteiger partial charge in [0.25, 0.3) is 0 Å². The van der Waals surface area contributed by atoms with E-state index in [2.05, 4.69) is 10.6 Å². The van der Waals surface area contributed by atoms with E-state index in [0.717, 1.165) is 10.5 Å². The zero-order valence-corrected chi connectivity index (χ0v) is 13.8. The van der Waals surface area contributed by atoms with Gasteiger partial charge in [-0.05, 0) is 25.0 Å². The van der Waals surface area contributed by atoms with Gasteiger partial charge in [-0.3, -0.25) is 15.4 Å². The summed E-state index contributed by atoms with van der Waals surface area (Å²) in [5.74, 6) is -0.00378. The van der Waals surface area contributed by atoms with Crippen LogP contribution >= 0.6 is 0 Å². The van der Waals surface area contributed by atoms with Crippen LogP contribution in [0.1, 0.15) is 26.3 Å². The number of amides is 5. The van der Waals surface area contributed by atoms with Gasteiger partial charge in [-0.25, -0.2) is 14.5 Å². The van der Waals surface area contributed by atoms with Crippen LogP contribution in [0.15, 0.2) is 24.3 Å². The van der Waals surface area contributed by atoms with Crippen LogP contribution in [0, 0.1) is 12.8 Å². The first-order valence-corrected chi connectivity index (χ1v) is 7.54. The van der Waals surface area contributed by atoms with Crippen molar-refractivity contribution in [2.24, 2.45) is 5.92 Å². The smallest absolute Gasteiger partial charge is 0.305 e. The molecule has 1 aromatic carbocycles. The summed E-state index contributed by atoms with van der Waals surface area (Å²) >= 11 is 0. The Bertz CT molecular complexity index is 594. The average Bonchev–Trinajstić information content (AvgIpc) is 2.45. The Morgan fingerprint density at radius 3 is 2.13 bits per heavy atom. The van der Waals surface area contributed by atoms with Crippen molar-refractivity contribution in [1.29, 1.82) is 0 Å². The van der Waals surface area contributed by atoms with E-state index in [0.29, 0.717) is 12.2 Å². The first-order chi connectivity index (χ1) is 10.8. The fraction of sp³-hybridized carbons (Fsp3) is 0.438. The van der Waals surface area contributed by atoms with Gasteiger partial charge in [-0.2, -0.15) is 0 Å². The molecule has 2 rings (SSSR count). The van der Waals surface area contributed by atoms with Crippen LogP contribution in [0.3, 0.4) is 0 Å². The molecule has 0 aliphatic carbocycles. The summed E-state index contributed by atoms with van der Waals surface area (Å²) in [4.78, 5) is 38.9. The number of nitrogens with zero attached hydrogens (tertiary/aromatic N) is 2. The zero-order valence-electron chi connectivity index (χ0n) is 13.8. The number of benzene rings is 1. The van der Waals surface area contributed by atoms with E-state index in [9.17, 15) is 14.4 Å². The van der Waals surface area contributed by atoms with E-state index < -0.39 is 18.4 Å². The molecular formula is C16H22N4O3. The number of hydrogen-bond donors (Lipinski definition) is 2. The van der Waals surface area contributed by atoms with Gasteiger partial charge in [0.15, 0.2) is 6.29 Å². The van der Waals surface area contributed by atoms with Crippen LogP contribution in [-0.4, -0.2) is 35.7 Å². The number of hydrogen-bond acceptors (Lipinski definition) is 3. The monoisotopic (exact) mass is 318 g/mol. The Kier molecular flexibility index (Phi) is 4.88. The fourth-order valence-corrected chi connectivity index (χ4v) is 2.38. The molecule has 0 radical (unpaired) electrons. The van der Waals surface area contributed by atoms with Gasteiger partial charge in [0.2, 0.25) is 5.91 Å². The quantitative estimate of drug-likeness (QED) is 0.891. The van der Waals surface area contributed by atoms with Crippen LogP contribution in [-0.2, 0) is 4.79 Å². The minimum Gasteiger partial charge on any atom is -0.305 e. The van der Waals surface area contributed by atoms with Gasteiger partial charge >= 0.3 is 12.1 Å². The highest BCUT2D eigenvalue weighted by Crippen LogP contribution is 2.18. The van der Waals surface area contributed by atoms with Crippen molar-refractivity contribution in [2.45, 2.75) is 34.0 Å². The minimum absolute atomic E-state index is 0.211. The molecule has 7 heteroatoms. The average molecular weight is 318 g/mol. The minimum atomic E-state index is -0.836. The molecule has 0 spiro atoms. The molecule has 5 amide bonds. The van der Waals surface area contributed by atoms with E-state index in [1.165, 1.54) is 11.8 Å². The number of rotatable bonds is 4. The number of anilines is 1. The second-order valence-electron chi connectivity index (χ2n) is 6.04. The summed E-state index contributed by atoms with van der Waals surface area (Å²) in [7, 11) is 0. The van der Waals surface area contributed by atoms with Crippen molar-refractivity contribution in [3.8, 4) is 0 Å². The van der Waals surface area contributed by atoms with Crippen molar-refractivity contribution in [2.75, 3.05) is 11.4 Å². The number of aryl methyl sites for hydroxylation is 1. The van der Waals surface area contributed by atoms with Crippen molar-refractivity contribution in [3.05, 3.63) is 29.8 Å². The maximum Gasteiger partial charge on any atom is 0.333 e.